The van der Waals surface area contributed by atoms with Crippen LogP contribution in [0.25, 0.3) is 0 Å². The maximum Gasteiger partial charge on any atom is 0.276 e. The fourth-order valence-corrected chi connectivity index (χ4v) is 2.95. The van der Waals surface area contributed by atoms with Gasteiger partial charge in [0.15, 0.2) is 5.69 Å². The Morgan fingerprint density at radius 2 is 2.04 bits per heavy atom. The summed E-state index contributed by atoms with van der Waals surface area (Å²) in [5.41, 5.74) is 1.79. The minimum atomic E-state index is -0.425. The largest absolute Gasteiger partial charge is 0.325 e. The fraction of sp³-hybridized carbons (Fsp3) is 0.176. The van der Waals surface area contributed by atoms with Crippen LogP contribution in [0.1, 0.15) is 34.7 Å². The van der Waals surface area contributed by atoms with Crippen molar-refractivity contribution < 1.29 is 9.18 Å². The Balaban J connectivity index is 2.05. The normalized spacial score (nSPS) is 11.9. The summed E-state index contributed by atoms with van der Waals surface area (Å²) in [4.78, 5) is 18.9. The Morgan fingerprint density at radius 1 is 1.25 bits per heavy atom. The first-order valence-electron chi connectivity index (χ1n) is 7.45. The number of hydrogen-bond donors (Lipinski definition) is 0. The lowest BCUT2D eigenvalue weighted by atomic mass is 10.0. The first kappa shape index (κ1) is 16.2. The molecular formula is C17H15FN4OS. The van der Waals surface area contributed by atoms with Crippen LogP contribution in [0.4, 0.5) is 4.39 Å². The van der Waals surface area contributed by atoms with Crippen LogP contribution in [0.3, 0.4) is 0 Å². The highest BCUT2D eigenvalue weighted by atomic mass is 32.1. The van der Waals surface area contributed by atoms with Crippen LogP contribution in [-0.2, 0) is 0 Å². The molecular weight excluding hydrogens is 327 g/mol. The van der Waals surface area contributed by atoms with Crippen molar-refractivity contribution in [2.24, 2.45) is 0 Å². The fourth-order valence-electron chi connectivity index (χ4n) is 2.54. The van der Waals surface area contributed by atoms with E-state index in [1.165, 1.54) is 18.3 Å². The lowest BCUT2D eigenvalue weighted by molar-refractivity contribution is 0.0709. The molecule has 3 rings (SSSR count). The quantitative estimate of drug-likeness (QED) is 0.714. The highest BCUT2D eigenvalue weighted by Gasteiger charge is 2.28. The molecule has 0 radical (unpaired) electrons. The Bertz CT molecular complexity index is 793. The molecule has 0 aliphatic heterocycles. The Labute approximate surface area is 143 Å². The summed E-state index contributed by atoms with van der Waals surface area (Å²) < 4.78 is 21.2. The van der Waals surface area contributed by atoms with Gasteiger partial charge in [-0.1, -0.05) is 18.2 Å². The number of carbonyl (C=O) groups is 1. The average molecular weight is 342 g/mol. The number of nitrogens with zero attached hydrogens (tertiary/aromatic N) is 4. The van der Waals surface area contributed by atoms with Crippen molar-refractivity contribution in [1.82, 2.24) is 18.6 Å². The van der Waals surface area contributed by atoms with Crippen LogP contribution in [-0.4, -0.2) is 31.1 Å². The molecule has 0 spiro atoms. The van der Waals surface area contributed by atoms with Gasteiger partial charge in [0.2, 0.25) is 0 Å². The summed E-state index contributed by atoms with van der Waals surface area (Å²) in [5.74, 6) is -0.553. The average Bonchev–Trinajstić information content (AvgIpc) is 3.15. The maximum atomic E-state index is 13.3. The smallest absolute Gasteiger partial charge is 0.276 e. The van der Waals surface area contributed by atoms with E-state index in [0.717, 1.165) is 17.3 Å². The van der Waals surface area contributed by atoms with Crippen LogP contribution in [0.5, 0.6) is 0 Å². The van der Waals surface area contributed by atoms with Crippen molar-refractivity contribution in [2.45, 2.75) is 13.0 Å². The van der Waals surface area contributed by atoms with Gasteiger partial charge in [0, 0.05) is 12.7 Å². The van der Waals surface area contributed by atoms with Gasteiger partial charge in [-0.05, 0) is 36.8 Å². The van der Waals surface area contributed by atoms with Crippen LogP contribution in [0.2, 0.25) is 0 Å². The summed E-state index contributed by atoms with van der Waals surface area (Å²) in [6.07, 6.45) is 3.13. The highest BCUT2D eigenvalue weighted by molar-refractivity contribution is 6.99. The number of rotatable bonds is 5. The zero-order valence-electron chi connectivity index (χ0n) is 13.0. The van der Waals surface area contributed by atoms with Crippen LogP contribution in [0, 0.1) is 5.82 Å². The van der Waals surface area contributed by atoms with Gasteiger partial charge in [-0.2, -0.15) is 8.75 Å². The molecule has 5 nitrogen and oxygen atoms in total. The van der Waals surface area contributed by atoms with Gasteiger partial charge in [-0.25, -0.2) is 4.39 Å². The van der Waals surface area contributed by atoms with Gasteiger partial charge in [0.1, 0.15) is 5.82 Å². The van der Waals surface area contributed by atoms with E-state index in [2.05, 4.69) is 13.7 Å². The molecule has 0 aliphatic rings. The Kier molecular flexibility index (Phi) is 4.90. The predicted octanol–water partition coefficient (Wildman–Crippen LogP) is 3.32. The number of benzene rings is 1. The van der Waals surface area contributed by atoms with Gasteiger partial charge in [0.05, 0.1) is 29.7 Å². The van der Waals surface area contributed by atoms with Gasteiger partial charge >= 0.3 is 0 Å². The van der Waals surface area contributed by atoms with E-state index in [4.69, 9.17) is 0 Å². The van der Waals surface area contributed by atoms with Crippen molar-refractivity contribution in [1.29, 1.82) is 0 Å². The molecule has 0 saturated heterocycles. The number of carbonyl (C=O) groups excluding carboxylic acids is 1. The third-order valence-electron chi connectivity index (χ3n) is 3.65. The first-order valence-corrected chi connectivity index (χ1v) is 8.18. The number of pyridine rings is 1. The van der Waals surface area contributed by atoms with Crippen molar-refractivity contribution in [2.75, 3.05) is 6.54 Å². The lowest BCUT2D eigenvalue weighted by Gasteiger charge is -2.30. The lowest BCUT2D eigenvalue weighted by Crippen LogP contribution is -2.36. The van der Waals surface area contributed by atoms with E-state index in [0.29, 0.717) is 17.9 Å². The summed E-state index contributed by atoms with van der Waals surface area (Å²) in [7, 11) is 0. The van der Waals surface area contributed by atoms with Crippen LogP contribution >= 0.6 is 11.7 Å². The molecule has 0 bridgehead atoms. The number of amides is 1. The van der Waals surface area contributed by atoms with Gasteiger partial charge < -0.3 is 4.90 Å². The van der Waals surface area contributed by atoms with Gasteiger partial charge in [0.25, 0.3) is 5.91 Å². The Morgan fingerprint density at radius 3 is 2.62 bits per heavy atom. The molecule has 1 aromatic carbocycles. The van der Waals surface area contributed by atoms with E-state index in [9.17, 15) is 9.18 Å². The summed E-state index contributed by atoms with van der Waals surface area (Å²) >= 11 is 0.988. The molecule has 0 aliphatic carbocycles. The third-order valence-corrected chi connectivity index (χ3v) is 4.13. The minimum Gasteiger partial charge on any atom is -0.325 e. The standard InChI is InChI=1S/C17H15FN4OS/c1-2-22(17(23)15-11-20-24-21-15)16(14-5-3-4-10-19-14)12-6-8-13(18)9-7-12/h3-11,16H,2H2,1H3/t16-/m1/s1. The zero-order valence-corrected chi connectivity index (χ0v) is 13.8. The van der Waals surface area contributed by atoms with Crippen LogP contribution in [0.15, 0.2) is 54.9 Å². The van der Waals surface area contributed by atoms with Crippen molar-refractivity contribution in [3.63, 3.8) is 0 Å². The molecule has 1 amide bonds. The molecule has 0 N–H and O–H groups in total. The molecule has 3 aromatic rings. The number of aromatic nitrogens is 3. The van der Waals surface area contributed by atoms with Crippen molar-refractivity contribution in [3.05, 3.63) is 77.6 Å². The molecule has 24 heavy (non-hydrogen) atoms. The van der Waals surface area contributed by atoms with Crippen molar-refractivity contribution in [3.8, 4) is 0 Å². The van der Waals surface area contributed by atoms with E-state index >= 15 is 0 Å². The van der Waals surface area contributed by atoms with Crippen LogP contribution < -0.4 is 0 Å². The second-order valence-corrected chi connectivity index (χ2v) is 5.65. The predicted molar refractivity (Wildman–Crippen MR) is 89.1 cm³/mol. The SMILES string of the molecule is CCN(C(=O)c1cnsn1)[C@H](c1ccc(F)cc1)c1ccccn1. The summed E-state index contributed by atoms with van der Waals surface area (Å²) in [6, 6.07) is 11.2. The second kappa shape index (κ2) is 7.27. The third kappa shape index (κ3) is 3.30. The highest BCUT2D eigenvalue weighted by Crippen LogP contribution is 2.28. The minimum absolute atomic E-state index is 0.230. The topological polar surface area (TPSA) is 59.0 Å². The molecule has 2 heterocycles. The maximum absolute atomic E-state index is 13.3. The zero-order chi connectivity index (χ0) is 16.9. The molecule has 1 atom stereocenters. The van der Waals surface area contributed by atoms with E-state index < -0.39 is 6.04 Å². The molecule has 0 unspecified atom stereocenters. The van der Waals surface area contributed by atoms with Gasteiger partial charge in [-0.3, -0.25) is 9.78 Å². The number of halogens is 1. The second-order valence-electron chi connectivity index (χ2n) is 5.09. The Hall–Kier alpha value is -2.67. The monoisotopic (exact) mass is 342 g/mol. The molecule has 0 fully saturated rings. The molecule has 2 aromatic heterocycles. The molecule has 122 valence electrons. The summed E-state index contributed by atoms with van der Waals surface area (Å²) in [6.45, 7) is 2.34. The molecule has 0 saturated carbocycles. The number of hydrogen-bond acceptors (Lipinski definition) is 5. The van der Waals surface area contributed by atoms with Crippen molar-refractivity contribution >= 4 is 17.6 Å². The van der Waals surface area contributed by atoms with E-state index in [1.807, 2.05) is 25.1 Å². The molecule has 7 heteroatoms. The first-order chi connectivity index (χ1) is 11.7. The van der Waals surface area contributed by atoms with E-state index in [-0.39, 0.29) is 11.7 Å². The van der Waals surface area contributed by atoms with E-state index in [1.54, 1.807) is 23.2 Å². The summed E-state index contributed by atoms with van der Waals surface area (Å²) in [5, 5.41) is 0. The van der Waals surface area contributed by atoms with Gasteiger partial charge in [-0.15, -0.1) is 0 Å².